The van der Waals surface area contributed by atoms with Crippen molar-refractivity contribution in [2.45, 2.75) is 32.2 Å². The van der Waals surface area contributed by atoms with E-state index in [9.17, 15) is 9.90 Å². The average molecular weight is 270 g/mol. The molecule has 104 valence electrons. The fraction of sp³-hybridized carbons (Fsp3) is 0.375. The third-order valence-corrected chi connectivity index (χ3v) is 4.08. The van der Waals surface area contributed by atoms with Crippen LogP contribution in [0.15, 0.2) is 36.4 Å². The minimum atomic E-state index is -0.728. The Hall–Kier alpha value is -2.10. The van der Waals surface area contributed by atoms with Crippen LogP contribution < -0.4 is 0 Å². The molecule has 0 aliphatic heterocycles. The highest BCUT2D eigenvalue weighted by molar-refractivity contribution is 5.77. The van der Waals surface area contributed by atoms with Crippen LogP contribution >= 0.6 is 0 Å². The number of benzene rings is 1. The van der Waals surface area contributed by atoms with Crippen molar-refractivity contribution in [2.24, 2.45) is 5.92 Å². The van der Waals surface area contributed by atoms with Gasteiger partial charge in [-0.25, -0.2) is 4.98 Å². The summed E-state index contributed by atoms with van der Waals surface area (Å²) in [7, 11) is 0. The predicted octanol–water partition coefficient (Wildman–Crippen LogP) is 3.19. The van der Waals surface area contributed by atoms with E-state index in [2.05, 4.69) is 17.6 Å². The van der Waals surface area contributed by atoms with E-state index in [0.717, 1.165) is 29.8 Å². The average Bonchev–Trinajstić information content (AvgIpc) is 2.85. The number of para-hydroxylation sites is 2. The first-order chi connectivity index (χ1) is 9.72. The molecule has 1 N–H and O–H groups in total. The molecule has 20 heavy (non-hydrogen) atoms. The van der Waals surface area contributed by atoms with Crippen molar-refractivity contribution in [2.75, 3.05) is 0 Å². The molecule has 3 rings (SSSR count). The first-order valence-electron chi connectivity index (χ1n) is 7.05. The van der Waals surface area contributed by atoms with Gasteiger partial charge in [-0.05, 0) is 31.9 Å². The number of rotatable bonds is 3. The second-order valence-electron chi connectivity index (χ2n) is 5.20. The standard InChI is InChI=1S/C16H18N2O2/c1-2-18-14-10-6-5-9-13(14)17-15(18)11-7-3-4-8-12(11)16(19)20/h3-6,9-12H,2,7-8H2,1H3,(H,19,20). The molecule has 4 nitrogen and oxygen atoms in total. The van der Waals surface area contributed by atoms with Crippen LogP contribution in [0.2, 0.25) is 0 Å². The number of carboxylic acid groups (broad SMARTS) is 1. The molecule has 1 aromatic carbocycles. The minimum absolute atomic E-state index is 0.0372. The number of aromatic nitrogens is 2. The maximum Gasteiger partial charge on any atom is 0.307 e. The topological polar surface area (TPSA) is 55.1 Å². The zero-order valence-corrected chi connectivity index (χ0v) is 11.5. The van der Waals surface area contributed by atoms with Crippen molar-refractivity contribution < 1.29 is 9.90 Å². The Morgan fingerprint density at radius 2 is 2.10 bits per heavy atom. The molecular formula is C16H18N2O2. The Morgan fingerprint density at radius 1 is 1.35 bits per heavy atom. The summed E-state index contributed by atoms with van der Waals surface area (Å²) in [6.07, 6.45) is 5.38. The van der Waals surface area contributed by atoms with E-state index in [1.54, 1.807) is 0 Å². The van der Waals surface area contributed by atoms with Gasteiger partial charge in [0.1, 0.15) is 5.82 Å². The van der Waals surface area contributed by atoms with Crippen molar-refractivity contribution in [3.05, 3.63) is 42.2 Å². The molecule has 0 spiro atoms. The maximum absolute atomic E-state index is 11.5. The molecule has 4 heteroatoms. The molecule has 0 radical (unpaired) electrons. The van der Waals surface area contributed by atoms with Crippen molar-refractivity contribution in [1.29, 1.82) is 0 Å². The van der Waals surface area contributed by atoms with Crippen LogP contribution in [0.5, 0.6) is 0 Å². The summed E-state index contributed by atoms with van der Waals surface area (Å²) in [6.45, 7) is 2.88. The molecule has 0 bridgehead atoms. The van der Waals surface area contributed by atoms with Crippen molar-refractivity contribution >= 4 is 17.0 Å². The lowest BCUT2D eigenvalue weighted by atomic mass is 9.82. The van der Waals surface area contributed by atoms with Gasteiger partial charge >= 0.3 is 5.97 Å². The molecule has 0 amide bonds. The Labute approximate surface area is 117 Å². The van der Waals surface area contributed by atoms with E-state index in [1.807, 2.05) is 30.3 Å². The predicted molar refractivity (Wildman–Crippen MR) is 77.6 cm³/mol. The second kappa shape index (κ2) is 5.12. The SMILES string of the molecule is CCn1c(C2CC=CCC2C(=O)O)nc2ccccc21. The number of hydrogen-bond acceptors (Lipinski definition) is 2. The molecule has 0 fully saturated rings. The van der Waals surface area contributed by atoms with Crippen LogP contribution in [0.25, 0.3) is 11.0 Å². The summed E-state index contributed by atoms with van der Waals surface area (Å²) in [5.41, 5.74) is 2.03. The lowest BCUT2D eigenvalue weighted by Crippen LogP contribution is -2.25. The number of imidazole rings is 1. The van der Waals surface area contributed by atoms with E-state index in [1.165, 1.54) is 0 Å². The van der Waals surface area contributed by atoms with Crippen LogP contribution in [-0.2, 0) is 11.3 Å². The highest BCUT2D eigenvalue weighted by atomic mass is 16.4. The van der Waals surface area contributed by atoms with Crippen LogP contribution in [0, 0.1) is 5.92 Å². The van der Waals surface area contributed by atoms with E-state index in [-0.39, 0.29) is 11.8 Å². The van der Waals surface area contributed by atoms with Crippen LogP contribution in [0.4, 0.5) is 0 Å². The molecular weight excluding hydrogens is 252 g/mol. The highest BCUT2D eigenvalue weighted by Gasteiger charge is 2.33. The zero-order valence-electron chi connectivity index (χ0n) is 11.5. The Bertz CT molecular complexity index is 672. The smallest absolute Gasteiger partial charge is 0.307 e. The quantitative estimate of drug-likeness (QED) is 0.871. The number of aliphatic carboxylic acids is 1. The number of aryl methyl sites for hydroxylation is 1. The molecule has 1 heterocycles. The summed E-state index contributed by atoms with van der Waals surface area (Å²) in [5, 5.41) is 9.44. The Balaban J connectivity index is 2.13. The number of carbonyl (C=O) groups is 1. The first-order valence-corrected chi connectivity index (χ1v) is 7.05. The highest BCUT2D eigenvalue weighted by Crippen LogP contribution is 2.35. The van der Waals surface area contributed by atoms with Gasteiger partial charge in [-0.1, -0.05) is 24.3 Å². The number of allylic oxidation sites excluding steroid dienone is 2. The molecule has 1 aromatic heterocycles. The maximum atomic E-state index is 11.5. The molecule has 1 aliphatic carbocycles. The largest absolute Gasteiger partial charge is 0.481 e. The summed E-state index contributed by atoms with van der Waals surface area (Å²) in [4.78, 5) is 16.2. The van der Waals surface area contributed by atoms with Crippen molar-refractivity contribution in [3.8, 4) is 0 Å². The van der Waals surface area contributed by atoms with Crippen LogP contribution in [0.1, 0.15) is 31.5 Å². The molecule has 2 aromatic rings. The summed E-state index contributed by atoms with van der Waals surface area (Å²) in [6, 6.07) is 7.99. The van der Waals surface area contributed by atoms with Crippen LogP contribution in [0.3, 0.4) is 0 Å². The zero-order chi connectivity index (χ0) is 14.1. The third kappa shape index (κ3) is 2.01. The van der Waals surface area contributed by atoms with Crippen LogP contribution in [-0.4, -0.2) is 20.6 Å². The molecule has 2 unspecified atom stereocenters. The van der Waals surface area contributed by atoms with Gasteiger partial charge in [0, 0.05) is 12.5 Å². The minimum Gasteiger partial charge on any atom is -0.481 e. The van der Waals surface area contributed by atoms with E-state index >= 15 is 0 Å². The normalized spacial score (nSPS) is 22.2. The Kier molecular flexibility index (Phi) is 3.30. The van der Waals surface area contributed by atoms with E-state index in [0.29, 0.717) is 6.42 Å². The fourth-order valence-electron chi connectivity index (χ4n) is 3.08. The number of nitrogens with zero attached hydrogens (tertiary/aromatic N) is 2. The lowest BCUT2D eigenvalue weighted by Gasteiger charge is -2.25. The second-order valence-corrected chi connectivity index (χ2v) is 5.20. The third-order valence-electron chi connectivity index (χ3n) is 4.08. The van der Waals surface area contributed by atoms with Gasteiger partial charge in [-0.15, -0.1) is 0 Å². The molecule has 2 atom stereocenters. The molecule has 0 saturated carbocycles. The van der Waals surface area contributed by atoms with Gasteiger partial charge in [-0.3, -0.25) is 4.79 Å². The van der Waals surface area contributed by atoms with Gasteiger partial charge in [0.15, 0.2) is 0 Å². The monoisotopic (exact) mass is 270 g/mol. The van der Waals surface area contributed by atoms with Gasteiger partial charge in [0.25, 0.3) is 0 Å². The van der Waals surface area contributed by atoms with Gasteiger partial charge in [0.2, 0.25) is 0 Å². The molecule has 1 aliphatic rings. The molecule has 0 saturated heterocycles. The lowest BCUT2D eigenvalue weighted by molar-refractivity contribution is -0.142. The van der Waals surface area contributed by atoms with Gasteiger partial charge in [0.05, 0.1) is 17.0 Å². The van der Waals surface area contributed by atoms with Gasteiger partial charge < -0.3 is 9.67 Å². The number of hydrogen-bond donors (Lipinski definition) is 1. The summed E-state index contributed by atoms with van der Waals surface area (Å²) < 4.78 is 2.15. The summed E-state index contributed by atoms with van der Waals surface area (Å²) >= 11 is 0. The van der Waals surface area contributed by atoms with E-state index in [4.69, 9.17) is 4.98 Å². The van der Waals surface area contributed by atoms with Crippen molar-refractivity contribution in [1.82, 2.24) is 9.55 Å². The number of carboxylic acids is 1. The first kappa shape index (κ1) is 12.9. The number of fused-ring (bicyclic) bond motifs is 1. The Morgan fingerprint density at radius 3 is 2.85 bits per heavy atom. The summed E-state index contributed by atoms with van der Waals surface area (Å²) in [5.74, 6) is -0.230. The fourth-order valence-corrected chi connectivity index (χ4v) is 3.08. The van der Waals surface area contributed by atoms with Gasteiger partial charge in [-0.2, -0.15) is 0 Å². The van der Waals surface area contributed by atoms with Crippen molar-refractivity contribution in [3.63, 3.8) is 0 Å². The van der Waals surface area contributed by atoms with E-state index < -0.39 is 5.97 Å².